The van der Waals surface area contributed by atoms with E-state index in [2.05, 4.69) is 21.2 Å². The zero-order valence-corrected chi connectivity index (χ0v) is 14.5. The van der Waals surface area contributed by atoms with Gasteiger partial charge in [-0.25, -0.2) is 0 Å². The Morgan fingerprint density at radius 1 is 1.24 bits per heavy atom. The Labute approximate surface area is 133 Å². The molecule has 0 bridgehead atoms. The van der Waals surface area contributed by atoms with Crippen LogP contribution in [-0.2, 0) is 4.79 Å². The van der Waals surface area contributed by atoms with Crippen molar-refractivity contribution >= 4 is 21.8 Å². The first-order valence-electron chi connectivity index (χ1n) is 7.50. The first-order chi connectivity index (χ1) is 9.57. The summed E-state index contributed by atoms with van der Waals surface area (Å²) in [5.41, 5.74) is -0.175. The summed E-state index contributed by atoms with van der Waals surface area (Å²) in [6.45, 7) is 5.97. The molecule has 6 heteroatoms. The lowest BCUT2D eigenvalue weighted by Crippen LogP contribution is -2.49. The Morgan fingerprint density at radius 2 is 1.81 bits per heavy atom. The fourth-order valence-electron chi connectivity index (χ4n) is 2.95. The van der Waals surface area contributed by atoms with E-state index < -0.39 is 23.9 Å². The monoisotopic (exact) mass is 371 g/mol. The molecule has 0 heterocycles. The second-order valence-corrected chi connectivity index (χ2v) is 7.74. The van der Waals surface area contributed by atoms with Crippen molar-refractivity contribution in [3.8, 4) is 0 Å². The van der Waals surface area contributed by atoms with Crippen molar-refractivity contribution in [2.45, 2.75) is 65.1 Å². The molecule has 2 nitrogen and oxygen atoms in total. The van der Waals surface area contributed by atoms with Crippen molar-refractivity contribution in [1.29, 1.82) is 0 Å². The lowest BCUT2D eigenvalue weighted by atomic mass is 9.77. The van der Waals surface area contributed by atoms with E-state index in [1.54, 1.807) is 0 Å². The van der Waals surface area contributed by atoms with E-state index in [0.29, 0.717) is 31.0 Å². The summed E-state index contributed by atoms with van der Waals surface area (Å²) in [4.78, 5) is 12.4. The molecule has 1 amide bonds. The number of alkyl halides is 4. The van der Waals surface area contributed by atoms with Crippen molar-refractivity contribution < 1.29 is 18.0 Å². The van der Waals surface area contributed by atoms with Gasteiger partial charge >= 0.3 is 6.18 Å². The number of halogens is 4. The van der Waals surface area contributed by atoms with Crippen LogP contribution in [0.25, 0.3) is 0 Å². The molecule has 1 aliphatic carbocycles. The zero-order valence-electron chi connectivity index (χ0n) is 12.9. The Balaban J connectivity index is 2.79. The van der Waals surface area contributed by atoms with Gasteiger partial charge in [-0.05, 0) is 24.7 Å². The second-order valence-electron chi connectivity index (χ2n) is 6.94. The predicted molar refractivity (Wildman–Crippen MR) is 81.3 cm³/mol. The smallest absolute Gasteiger partial charge is 0.353 e. The summed E-state index contributed by atoms with van der Waals surface area (Å²) in [5, 5.41) is 3.57. The Bertz CT molecular complexity index is 352. The molecule has 1 fully saturated rings. The molecule has 0 aromatic carbocycles. The average molecular weight is 372 g/mol. The molecule has 1 N–H and O–H groups in total. The molecule has 0 aliphatic heterocycles. The van der Waals surface area contributed by atoms with Crippen LogP contribution in [0.3, 0.4) is 0 Å². The molecule has 1 rings (SSSR count). The molecular formula is C15H25BrF3NO. The van der Waals surface area contributed by atoms with E-state index in [1.165, 1.54) is 0 Å². The normalized spacial score (nSPS) is 25.5. The molecular weight excluding hydrogens is 347 g/mol. The number of hydrogen-bond acceptors (Lipinski definition) is 1. The van der Waals surface area contributed by atoms with E-state index in [-0.39, 0.29) is 17.9 Å². The van der Waals surface area contributed by atoms with Crippen molar-refractivity contribution in [3.63, 3.8) is 0 Å². The van der Waals surface area contributed by atoms with Gasteiger partial charge in [0, 0.05) is 17.3 Å². The Kier molecular flexibility index (Phi) is 6.56. The maximum atomic E-state index is 13.1. The van der Waals surface area contributed by atoms with E-state index >= 15 is 0 Å². The number of carbonyl (C=O) groups is 1. The molecule has 0 radical (unpaired) electrons. The molecule has 0 aromatic rings. The molecule has 0 spiro atoms. The predicted octanol–water partition coefficient (Wildman–Crippen LogP) is 4.67. The Hall–Kier alpha value is -0.260. The van der Waals surface area contributed by atoms with Gasteiger partial charge in [0.05, 0.1) is 5.92 Å². The number of nitrogens with one attached hydrogen (secondary N) is 1. The van der Waals surface area contributed by atoms with E-state index in [9.17, 15) is 18.0 Å². The minimum absolute atomic E-state index is 0.0697. The highest BCUT2D eigenvalue weighted by atomic mass is 79.9. The van der Waals surface area contributed by atoms with Gasteiger partial charge in [0.25, 0.3) is 0 Å². The molecule has 1 aliphatic rings. The van der Waals surface area contributed by atoms with Gasteiger partial charge in [0.15, 0.2) is 0 Å². The van der Waals surface area contributed by atoms with Crippen LogP contribution in [0.15, 0.2) is 0 Å². The fraction of sp³-hybridized carbons (Fsp3) is 0.933. The number of rotatable bonds is 4. The highest BCUT2D eigenvalue weighted by Gasteiger charge is 2.48. The van der Waals surface area contributed by atoms with Crippen LogP contribution in [-0.4, -0.2) is 23.5 Å². The van der Waals surface area contributed by atoms with E-state index in [1.807, 2.05) is 20.8 Å². The summed E-state index contributed by atoms with van der Waals surface area (Å²) in [6, 6.07) is -0.125. The lowest BCUT2D eigenvalue weighted by molar-refractivity contribution is -0.198. The fourth-order valence-corrected chi connectivity index (χ4v) is 3.40. The SMILES string of the molecule is CC(C)(C)C(CCBr)NC(=O)C1CCCCC1C(F)(F)F. The van der Waals surface area contributed by atoms with Crippen molar-refractivity contribution in [2.24, 2.45) is 17.3 Å². The van der Waals surface area contributed by atoms with Crippen molar-refractivity contribution in [3.05, 3.63) is 0 Å². The molecule has 124 valence electrons. The van der Waals surface area contributed by atoms with Crippen molar-refractivity contribution in [1.82, 2.24) is 5.32 Å². The number of hydrogen-bond donors (Lipinski definition) is 1. The van der Waals surface area contributed by atoms with Gasteiger partial charge in [0.1, 0.15) is 0 Å². The summed E-state index contributed by atoms with van der Waals surface area (Å²) in [7, 11) is 0. The van der Waals surface area contributed by atoms with Crippen molar-refractivity contribution in [2.75, 3.05) is 5.33 Å². The summed E-state index contributed by atoms with van der Waals surface area (Å²) in [6.07, 6.45) is -1.92. The lowest BCUT2D eigenvalue weighted by Gasteiger charge is -2.36. The third-order valence-corrected chi connectivity index (χ3v) is 4.74. The number of carbonyl (C=O) groups excluding carboxylic acids is 1. The van der Waals surface area contributed by atoms with Crippen LogP contribution in [0.1, 0.15) is 52.9 Å². The molecule has 0 aromatic heterocycles. The van der Waals surface area contributed by atoms with Crippen LogP contribution in [0, 0.1) is 17.3 Å². The highest BCUT2D eigenvalue weighted by molar-refractivity contribution is 9.09. The first-order valence-corrected chi connectivity index (χ1v) is 8.62. The average Bonchev–Trinajstić information content (AvgIpc) is 2.36. The molecule has 1 saturated carbocycles. The van der Waals surface area contributed by atoms with Gasteiger partial charge < -0.3 is 5.32 Å². The topological polar surface area (TPSA) is 29.1 Å². The molecule has 3 unspecified atom stereocenters. The highest BCUT2D eigenvalue weighted by Crippen LogP contribution is 2.41. The summed E-state index contributed by atoms with van der Waals surface area (Å²) >= 11 is 3.34. The minimum Gasteiger partial charge on any atom is -0.353 e. The molecule has 3 atom stereocenters. The van der Waals surface area contributed by atoms with Crippen LogP contribution >= 0.6 is 15.9 Å². The Morgan fingerprint density at radius 3 is 2.29 bits per heavy atom. The maximum absolute atomic E-state index is 13.1. The zero-order chi connectivity index (χ0) is 16.3. The molecule has 0 saturated heterocycles. The second kappa shape index (κ2) is 7.34. The van der Waals surface area contributed by atoms with Gasteiger partial charge in [0.2, 0.25) is 5.91 Å². The van der Waals surface area contributed by atoms with Gasteiger partial charge in [-0.15, -0.1) is 0 Å². The first kappa shape index (κ1) is 18.8. The van der Waals surface area contributed by atoms with Gasteiger partial charge in [-0.2, -0.15) is 13.2 Å². The standard InChI is InChI=1S/C15H25BrF3NO/c1-14(2,3)12(8-9-16)20-13(21)10-6-4-5-7-11(10)15(17,18)19/h10-12H,4-9H2,1-3H3,(H,20,21). The van der Waals surface area contributed by atoms with E-state index in [4.69, 9.17) is 0 Å². The van der Waals surface area contributed by atoms with Gasteiger partial charge in [-0.3, -0.25) is 4.79 Å². The van der Waals surface area contributed by atoms with Crippen LogP contribution < -0.4 is 5.32 Å². The summed E-state index contributed by atoms with van der Waals surface area (Å²) < 4.78 is 39.3. The maximum Gasteiger partial charge on any atom is 0.392 e. The van der Waals surface area contributed by atoms with Crippen LogP contribution in [0.4, 0.5) is 13.2 Å². The van der Waals surface area contributed by atoms with E-state index in [0.717, 1.165) is 0 Å². The van der Waals surface area contributed by atoms with Crippen LogP contribution in [0.5, 0.6) is 0 Å². The molecule has 21 heavy (non-hydrogen) atoms. The minimum atomic E-state index is -4.28. The quantitative estimate of drug-likeness (QED) is 0.714. The largest absolute Gasteiger partial charge is 0.392 e. The summed E-state index contributed by atoms with van der Waals surface area (Å²) in [5.74, 6) is -2.85. The van der Waals surface area contributed by atoms with Gasteiger partial charge in [-0.1, -0.05) is 49.5 Å². The third kappa shape index (κ3) is 5.46. The number of amides is 1. The van der Waals surface area contributed by atoms with Crippen LogP contribution in [0.2, 0.25) is 0 Å². The third-order valence-electron chi connectivity index (χ3n) is 4.28.